The van der Waals surface area contributed by atoms with Crippen molar-refractivity contribution in [3.05, 3.63) is 58.6 Å². The molecule has 1 atom stereocenters. The molecule has 1 aliphatic carbocycles. The van der Waals surface area contributed by atoms with Crippen LogP contribution >= 0.6 is 11.6 Å². The van der Waals surface area contributed by atoms with Crippen molar-refractivity contribution in [2.75, 3.05) is 32.0 Å². The molecule has 2 aromatic rings. The van der Waals surface area contributed by atoms with Gasteiger partial charge in [0.2, 0.25) is 15.9 Å². The van der Waals surface area contributed by atoms with Crippen LogP contribution in [0.4, 0.5) is 5.69 Å². The largest absolute Gasteiger partial charge is 0.324 e. The fourth-order valence-electron chi connectivity index (χ4n) is 4.55. The van der Waals surface area contributed by atoms with Crippen LogP contribution in [0.15, 0.2) is 47.4 Å². The highest BCUT2D eigenvalue weighted by Crippen LogP contribution is 2.33. The normalized spacial score (nSPS) is 19.4. The van der Waals surface area contributed by atoms with Gasteiger partial charge < -0.3 is 5.32 Å². The molecule has 1 aliphatic heterocycles. The van der Waals surface area contributed by atoms with Crippen molar-refractivity contribution in [3.63, 3.8) is 0 Å². The number of nitrogens with zero attached hydrogens (tertiary/aromatic N) is 2. The van der Waals surface area contributed by atoms with Crippen molar-refractivity contribution in [2.24, 2.45) is 0 Å². The molecule has 0 saturated carbocycles. The molecule has 2 aliphatic rings. The second-order valence-corrected chi connectivity index (χ2v) is 10.7. The predicted octanol–water partition coefficient (Wildman–Crippen LogP) is 4.07. The summed E-state index contributed by atoms with van der Waals surface area (Å²) in [6.07, 6.45) is 4.90. The monoisotopic (exact) mass is 461 g/mol. The van der Waals surface area contributed by atoms with E-state index in [0.717, 1.165) is 32.1 Å². The van der Waals surface area contributed by atoms with Crippen LogP contribution in [0.1, 0.15) is 42.9 Å². The standard InChI is InChI=1S/C23H28ClN3O3S/c1-26(22-10-6-8-17-7-2-3-9-19(17)22)16-23(28)25-21-15-18(11-12-20(21)24)31(29,30)27-13-4-5-14-27/h2-3,7,9,11-12,15,22H,4-6,8,10,13-14,16H2,1H3,(H,25,28)/t22-/m1/s1. The summed E-state index contributed by atoms with van der Waals surface area (Å²) in [7, 11) is -1.63. The van der Waals surface area contributed by atoms with E-state index in [-0.39, 0.29) is 23.4 Å². The van der Waals surface area contributed by atoms with Crippen LogP contribution < -0.4 is 5.32 Å². The highest BCUT2D eigenvalue weighted by molar-refractivity contribution is 7.89. The molecule has 0 radical (unpaired) electrons. The first kappa shape index (κ1) is 22.3. The zero-order chi connectivity index (χ0) is 22.0. The maximum Gasteiger partial charge on any atom is 0.243 e. The van der Waals surface area contributed by atoms with E-state index in [9.17, 15) is 13.2 Å². The number of likely N-dealkylation sites (N-methyl/N-ethyl adjacent to an activating group) is 1. The van der Waals surface area contributed by atoms with Gasteiger partial charge in [0.1, 0.15) is 0 Å². The van der Waals surface area contributed by atoms with Gasteiger partial charge in [-0.2, -0.15) is 4.31 Å². The Kier molecular flexibility index (Phi) is 6.67. The van der Waals surface area contributed by atoms with E-state index >= 15 is 0 Å². The Hall–Kier alpha value is -1.93. The van der Waals surface area contributed by atoms with E-state index in [1.165, 1.54) is 33.6 Å². The second-order valence-electron chi connectivity index (χ2n) is 8.32. The number of nitrogens with one attached hydrogen (secondary N) is 1. The zero-order valence-corrected chi connectivity index (χ0v) is 19.3. The fraction of sp³-hybridized carbons (Fsp3) is 0.435. The lowest BCUT2D eigenvalue weighted by Crippen LogP contribution is -2.35. The van der Waals surface area contributed by atoms with Crippen molar-refractivity contribution in [1.29, 1.82) is 0 Å². The summed E-state index contributed by atoms with van der Waals surface area (Å²) in [5.41, 5.74) is 2.94. The van der Waals surface area contributed by atoms with E-state index in [2.05, 4.69) is 23.5 Å². The lowest BCUT2D eigenvalue weighted by molar-refractivity contribution is -0.117. The second kappa shape index (κ2) is 9.28. The molecule has 31 heavy (non-hydrogen) atoms. The number of rotatable bonds is 6. The van der Waals surface area contributed by atoms with Crippen molar-refractivity contribution in [2.45, 2.75) is 43.0 Å². The third-order valence-corrected chi connectivity index (χ3v) is 8.40. The van der Waals surface area contributed by atoms with Gasteiger partial charge in [-0.3, -0.25) is 9.69 Å². The van der Waals surface area contributed by atoms with E-state index < -0.39 is 10.0 Å². The molecule has 1 heterocycles. The molecule has 6 nitrogen and oxygen atoms in total. The third kappa shape index (κ3) is 4.80. The SMILES string of the molecule is CN(CC(=O)Nc1cc(S(=O)(=O)N2CCCC2)ccc1Cl)[C@@H]1CCCc2ccccc21. The van der Waals surface area contributed by atoms with Crippen LogP contribution in [-0.2, 0) is 21.2 Å². The van der Waals surface area contributed by atoms with Gasteiger partial charge in [0.05, 0.1) is 22.2 Å². The van der Waals surface area contributed by atoms with Crippen molar-refractivity contribution < 1.29 is 13.2 Å². The first-order chi connectivity index (χ1) is 14.9. The lowest BCUT2D eigenvalue weighted by atomic mass is 9.87. The minimum absolute atomic E-state index is 0.156. The topological polar surface area (TPSA) is 69.7 Å². The maximum absolute atomic E-state index is 12.8. The summed E-state index contributed by atoms with van der Waals surface area (Å²) in [5.74, 6) is -0.219. The number of carbonyl (C=O) groups is 1. The first-order valence-electron chi connectivity index (χ1n) is 10.7. The number of benzene rings is 2. The molecule has 166 valence electrons. The molecule has 1 amide bonds. The van der Waals surface area contributed by atoms with Crippen molar-refractivity contribution >= 4 is 33.2 Å². The van der Waals surface area contributed by atoms with E-state index in [0.29, 0.717) is 23.8 Å². The van der Waals surface area contributed by atoms with Gasteiger partial charge in [-0.05, 0) is 68.5 Å². The molecule has 1 fully saturated rings. The average Bonchev–Trinajstić information content (AvgIpc) is 3.30. The summed E-state index contributed by atoms with van der Waals surface area (Å²) in [6.45, 7) is 1.25. The molecular formula is C23H28ClN3O3S. The van der Waals surface area contributed by atoms with Crippen molar-refractivity contribution in [1.82, 2.24) is 9.21 Å². The zero-order valence-electron chi connectivity index (χ0n) is 17.7. The van der Waals surface area contributed by atoms with E-state index in [1.807, 2.05) is 18.0 Å². The molecule has 2 aromatic carbocycles. The quantitative estimate of drug-likeness (QED) is 0.703. The number of amides is 1. The Balaban J connectivity index is 1.46. The summed E-state index contributed by atoms with van der Waals surface area (Å²) in [4.78, 5) is 15.0. The summed E-state index contributed by atoms with van der Waals surface area (Å²) >= 11 is 6.27. The highest BCUT2D eigenvalue weighted by Gasteiger charge is 2.28. The highest BCUT2D eigenvalue weighted by atomic mass is 35.5. The smallest absolute Gasteiger partial charge is 0.243 e. The Bertz CT molecular complexity index is 1070. The van der Waals surface area contributed by atoms with Gasteiger partial charge in [-0.25, -0.2) is 8.42 Å². The lowest BCUT2D eigenvalue weighted by Gasteiger charge is -2.32. The molecule has 0 bridgehead atoms. The van der Waals surface area contributed by atoms with Gasteiger partial charge >= 0.3 is 0 Å². The molecule has 0 unspecified atom stereocenters. The number of carbonyl (C=O) groups excluding carboxylic acids is 1. The molecular weight excluding hydrogens is 434 g/mol. The molecule has 0 aromatic heterocycles. The van der Waals surface area contributed by atoms with Crippen LogP contribution in [0.25, 0.3) is 0 Å². The van der Waals surface area contributed by atoms with E-state index in [1.54, 1.807) is 0 Å². The number of hydrogen-bond donors (Lipinski definition) is 1. The van der Waals surface area contributed by atoms with Crippen molar-refractivity contribution in [3.8, 4) is 0 Å². The average molecular weight is 462 g/mol. The van der Waals surface area contributed by atoms with Gasteiger partial charge in [-0.1, -0.05) is 35.9 Å². The van der Waals surface area contributed by atoms with E-state index in [4.69, 9.17) is 11.6 Å². The predicted molar refractivity (Wildman–Crippen MR) is 123 cm³/mol. The molecule has 8 heteroatoms. The number of aryl methyl sites for hydroxylation is 1. The minimum Gasteiger partial charge on any atom is -0.324 e. The van der Waals surface area contributed by atoms with Crippen LogP contribution in [0, 0.1) is 0 Å². The number of fused-ring (bicyclic) bond motifs is 1. The van der Waals surface area contributed by atoms with Gasteiger partial charge in [0.25, 0.3) is 0 Å². The van der Waals surface area contributed by atoms with Gasteiger partial charge in [0, 0.05) is 19.1 Å². The molecule has 0 spiro atoms. The number of hydrogen-bond acceptors (Lipinski definition) is 4. The number of sulfonamides is 1. The number of anilines is 1. The number of halogens is 1. The first-order valence-corrected chi connectivity index (χ1v) is 12.6. The third-order valence-electron chi connectivity index (χ3n) is 6.18. The van der Waals surface area contributed by atoms with Crippen LogP contribution in [0.3, 0.4) is 0 Å². The van der Waals surface area contributed by atoms with Crippen LogP contribution in [0.5, 0.6) is 0 Å². The fourth-order valence-corrected chi connectivity index (χ4v) is 6.26. The summed E-state index contributed by atoms with van der Waals surface area (Å²) in [6, 6.07) is 13.1. The van der Waals surface area contributed by atoms with Gasteiger partial charge in [-0.15, -0.1) is 0 Å². The van der Waals surface area contributed by atoms with Crippen LogP contribution in [0.2, 0.25) is 5.02 Å². The summed E-state index contributed by atoms with van der Waals surface area (Å²) < 4.78 is 27.2. The minimum atomic E-state index is -3.57. The maximum atomic E-state index is 12.8. The molecule has 1 N–H and O–H groups in total. The molecule has 1 saturated heterocycles. The Morgan fingerprint density at radius 3 is 2.68 bits per heavy atom. The summed E-state index contributed by atoms with van der Waals surface area (Å²) in [5, 5.41) is 3.13. The van der Waals surface area contributed by atoms with Crippen LogP contribution in [-0.4, -0.2) is 50.2 Å². The Morgan fingerprint density at radius 2 is 1.90 bits per heavy atom. The Labute approximate surface area is 189 Å². The molecule has 4 rings (SSSR count). The Morgan fingerprint density at radius 1 is 1.16 bits per heavy atom. The van der Waals surface area contributed by atoms with Gasteiger partial charge in [0.15, 0.2) is 0 Å².